The van der Waals surface area contributed by atoms with Gasteiger partial charge in [0.15, 0.2) is 5.78 Å². The smallest absolute Gasteiger partial charge is 0.170 e. The normalized spacial score (nSPS) is 10.9. The van der Waals surface area contributed by atoms with Gasteiger partial charge in [0.2, 0.25) is 0 Å². The van der Waals surface area contributed by atoms with Crippen LogP contribution < -0.4 is 0 Å². The fraction of sp³-hybridized carbons (Fsp3) is 0.188. The molecule has 100 valence electrons. The molecular weight excluding hydrogens is 250 g/mol. The molecule has 0 N–H and O–H groups in total. The molecule has 0 unspecified atom stereocenters. The Labute approximate surface area is 117 Å². The van der Waals surface area contributed by atoms with E-state index in [0.717, 1.165) is 22.2 Å². The van der Waals surface area contributed by atoms with Crippen molar-refractivity contribution < 1.29 is 4.79 Å². The molecule has 2 heterocycles. The molecule has 4 heteroatoms. The lowest BCUT2D eigenvalue weighted by molar-refractivity contribution is 0.0992. The highest BCUT2D eigenvalue weighted by atomic mass is 16.1. The lowest BCUT2D eigenvalue weighted by atomic mass is 10.0. The molecule has 0 aliphatic heterocycles. The minimum absolute atomic E-state index is 0.0898. The third kappa shape index (κ3) is 2.20. The van der Waals surface area contributed by atoms with Crippen LogP contribution in [0.25, 0.3) is 10.9 Å². The van der Waals surface area contributed by atoms with Gasteiger partial charge in [-0.25, -0.2) is 0 Å². The number of benzene rings is 1. The van der Waals surface area contributed by atoms with Crippen molar-refractivity contribution in [1.29, 1.82) is 0 Å². The molecule has 3 rings (SSSR count). The van der Waals surface area contributed by atoms with Gasteiger partial charge in [-0.05, 0) is 24.6 Å². The first-order valence-corrected chi connectivity index (χ1v) is 6.51. The molecule has 0 saturated carbocycles. The first-order chi connectivity index (χ1) is 9.65. The van der Waals surface area contributed by atoms with Gasteiger partial charge in [-0.1, -0.05) is 18.2 Å². The molecule has 0 amide bonds. The van der Waals surface area contributed by atoms with Crippen LogP contribution in [0.15, 0.2) is 42.7 Å². The van der Waals surface area contributed by atoms with Gasteiger partial charge in [0.05, 0.1) is 16.8 Å². The Hall–Kier alpha value is -2.49. The van der Waals surface area contributed by atoms with Crippen LogP contribution in [0.3, 0.4) is 0 Å². The van der Waals surface area contributed by atoms with Gasteiger partial charge >= 0.3 is 0 Å². The Morgan fingerprint density at radius 1 is 1.25 bits per heavy atom. The third-order valence-electron chi connectivity index (χ3n) is 3.40. The summed E-state index contributed by atoms with van der Waals surface area (Å²) >= 11 is 0. The van der Waals surface area contributed by atoms with Gasteiger partial charge in [0.1, 0.15) is 0 Å². The number of hydrogen-bond acceptors (Lipinski definition) is 3. The van der Waals surface area contributed by atoms with E-state index < -0.39 is 0 Å². The quantitative estimate of drug-likeness (QED) is 0.684. The number of rotatable bonds is 3. The summed E-state index contributed by atoms with van der Waals surface area (Å²) in [6, 6.07) is 9.78. The Morgan fingerprint density at radius 3 is 2.80 bits per heavy atom. The number of aryl methyl sites for hydroxylation is 2. The first-order valence-electron chi connectivity index (χ1n) is 6.51. The second-order valence-corrected chi connectivity index (χ2v) is 4.89. The lowest BCUT2D eigenvalue weighted by Gasteiger charge is -2.04. The van der Waals surface area contributed by atoms with E-state index in [4.69, 9.17) is 0 Å². The number of nitrogens with zero attached hydrogens (tertiary/aromatic N) is 3. The highest BCUT2D eigenvalue weighted by molar-refractivity contribution is 6.00. The Morgan fingerprint density at radius 2 is 2.05 bits per heavy atom. The minimum Gasteiger partial charge on any atom is -0.294 e. The average molecular weight is 265 g/mol. The van der Waals surface area contributed by atoms with Gasteiger partial charge in [-0.3, -0.25) is 14.5 Å². The summed E-state index contributed by atoms with van der Waals surface area (Å²) < 4.78 is 1.67. The molecule has 0 fully saturated rings. The molecule has 0 aliphatic carbocycles. The fourth-order valence-electron chi connectivity index (χ4n) is 2.45. The van der Waals surface area contributed by atoms with Crippen LogP contribution in [-0.2, 0) is 13.5 Å². The maximum Gasteiger partial charge on any atom is 0.170 e. The Kier molecular flexibility index (Phi) is 3.06. The highest BCUT2D eigenvalue weighted by Gasteiger charge is 2.14. The highest BCUT2D eigenvalue weighted by Crippen LogP contribution is 2.18. The van der Waals surface area contributed by atoms with Gasteiger partial charge in [-0.15, -0.1) is 0 Å². The number of fused-ring (bicyclic) bond motifs is 1. The molecule has 1 aromatic carbocycles. The monoisotopic (exact) mass is 265 g/mol. The van der Waals surface area contributed by atoms with Crippen molar-refractivity contribution in [1.82, 2.24) is 14.8 Å². The standard InChI is InChI=1S/C16H15N3O/c1-11-14(10-19(2)18-11)16(20)9-12-7-8-17-15-6-4-3-5-13(12)15/h3-8,10H,9H2,1-2H3. The van der Waals surface area contributed by atoms with Crippen LogP contribution in [0.2, 0.25) is 0 Å². The summed E-state index contributed by atoms with van der Waals surface area (Å²) in [7, 11) is 1.83. The molecule has 2 aromatic heterocycles. The van der Waals surface area contributed by atoms with E-state index >= 15 is 0 Å². The number of pyridine rings is 1. The number of carbonyl (C=O) groups excluding carboxylic acids is 1. The topological polar surface area (TPSA) is 47.8 Å². The van der Waals surface area contributed by atoms with Crippen molar-refractivity contribution in [3.63, 3.8) is 0 Å². The third-order valence-corrected chi connectivity index (χ3v) is 3.40. The predicted octanol–water partition coefficient (Wildman–Crippen LogP) is 2.70. The van der Waals surface area contributed by atoms with Crippen molar-refractivity contribution in [3.05, 3.63) is 59.5 Å². The molecule has 3 aromatic rings. The maximum atomic E-state index is 12.4. The molecular formula is C16H15N3O. The van der Waals surface area contributed by atoms with E-state index in [-0.39, 0.29) is 5.78 Å². The maximum absolute atomic E-state index is 12.4. The second-order valence-electron chi connectivity index (χ2n) is 4.89. The number of hydrogen-bond donors (Lipinski definition) is 0. The molecule has 0 radical (unpaired) electrons. The van der Waals surface area contributed by atoms with Crippen molar-refractivity contribution in [2.24, 2.45) is 7.05 Å². The lowest BCUT2D eigenvalue weighted by Crippen LogP contribution is -2.05. The zero-order valence-corrected chi connectivity index (χ0v) is 11.5. The van der Waals surface area contributed by atoms with Crippen LogP contribution in [0, 0.1) is 6.92 Å². The molecule has 0 saturated heterocycles. The zero-order chi connectivity index (χ0) is 14.1. The number of Topliss-reactive ketones (excluding diaryl/α,β-unsaturated/α-hetero) is 1. The van der Waals surface area contributed by atoms with E-state index in [0.29, 0.717) is 12.0 Å². The van der Waals surface area contributed by atoms with Crippen molar-refractivity contribution in [2.75, 3.05) is 0 Å². The molecule has 0 atom stereocenters. The summed E-state index contributed by atoms with van der Waals surface area (Å²) in [6.45, 7) is 1.86. The fourth-order valence-corrected chi connectivity index (χ4v) is 2.45. The van der Waals surface area contributed by atoms with Crippen LogP contribution in [-0.4, -0.2) is 20.5 Å². The molecule has 20 heavy (non-hydrogen) atoms. The largest absolute Gasteiger partial charge is 0.294 e. The van der Waals surface area contributed by atoms with Crippen molar-refractivity contribution in [2.45, 2.75) is 13.3 Å². The Balaban J connectivity index is 1.97. The molecule has 0 bridgehead atoms. The van der Waals surface area contributed by atoms with Gasteiger partial charge in [-0.2, -0.15) is 5.10 Å². The minimum atomic E-state index is 0.0898. The van der Waals surface area contributed by atoms with Crippen LogP contribution in [0.5, 0.6) is 0 Å². The number of aromatic nitrogens is 3. The van der Waals surface area contributed by atoms with Crippen LogP contribution in [0.1, 0.15) is 21.6 Å². The van der Waals surface area contributed by atoms with Crippen molar-refractivity contribution >= 4 is 16.7 Å². The van der Waals surface area contributed by atoms with E-state index in [1.165, 1.54) is 0 Å². The van der Waals surface area contributed by atoms with E-state index in [9.17, 15) is 4.79 Å². The summed E-state index contributed by atoms with van der Waals surface area (Å²) in [5.41, 5.74) is 3.38. The van der Waals surface area contributed by atoms with Crippen LogP contribution >= 0.6 is 0 Å². The molecule has 0 spiro atoms. The van der Waals surface area contributed by atoms with Crippen LogP contribution in [0.4, 0.5) is 0 Å². The summed E-state index contributed by atoms with van der Waals surface area (Å²) in [5, 5.41) is 5.25. The number of ketones is 1. The van der Waals surface area contributed by atoms with Gasteiger partial charge < -0.3 is 0 Å². The zero-order valence-electron chi connectivity index (χ0n) is 11.5. The summed E-state index contributed by atoms with van der Waals surface area (Å²) in [6.07, 6.45) is 3.90. The Bertz CT molecular complexity index is 784. The summed E-state index contributed by atoms with van der Waals surface area (Å²) in [5.74, 6) is 0.0898. The first kappa shape index (κ1) is 12.5. The second kappa shape index (κ2) is 4.89. The van der Waals surface area contributed by atoms with E-state index in [2.05, 4.69) is 10.1 Å². The number of carbonyl (C=O) groups is 1. The average Bonchev–Trinajstić information content (AvgIpc) is 2.78. The van der Waals surface area contributed by atoms with E-state index in [1.54, 1.807) is 17.1 Å². The van der Waals surface area contributed by atoms with E-state index in [1.807, 2.05) is 44.3 Å². The van der Waals surface area contributed by atoms with Gasteiger partial charge in [0, 0.05) is 31.2 Å². The van der Waals surface area contributed by atoms with Crippen molar-refractivity contribution in [3.8, 4) is 0 Å². The SMILES string of the molecule is Cc1nn(C)cc1C(=O)Cc1ccnc2ccccc12. The molecule has 4 nitrogen and oxygen atoms in total. The predicted molar refractivity (Wildman–Crippen MR) is 77.7 cm³/mol. The van der Waals surface area contributed by atoms with Gasteiger partial charge in [0.25, 0.3) is 0 Å². The molecule has 0 aliphatic rings. The summed E-state index contributed by atoms with van der Waals surface area (Å²) in [4.78, 5) is 16.7. The number of para-hydroxylation sites is 1.